The molecule has 1 aliphatic carbocycles. The van der Waals surface area contributed by atoms with Crippen molar-refractivity contribution in [2.75, 3.05) is 30.9 Å². The smallest absolute Gasteiger partial charge is 0.243 e. The number of anilines is 2. The maximum Gasteiger partial charge on any atom is 0.243 e. The van der Waals surface area contributed by atoms with E-state index < -0.39 is 15.8 Å². The highest BCUT2D eigenvalue weighted by Crippen LogP contribution is 2.34. The molecule has 0 aromatic heterocycles. The van der Waals surface area contributed by atoms with Crippen molar-refractivity contribution in [1.29, 1.82) is 0 Å². The van der Waals surface area contributed by atoms with Crippen molar-refractivity contribution >= 4 is 27.3 Å². The number of carbonyl (C=O) groups excluding carboxylic acids is 1. The van der Waals surface area contributed by atoms with Crippen LogP contribution in [0.1, 0.15) is 45.6 Å². The summed E-state index contributed by atoms with van der Waals surface area (Å²) in [4.78, 5) is 14.4. The van der Waals surface area contributed by atoms with Crippen LogP contribution in [-0.4, -0.2) is 39.3 Å². The van der Waals surface area contributed by atoms with Gasteiger partial charge in [-0.2, -0.15) is 4.31 Å². The second kappa shape index (κ2) is 9.81. The normalized spacial score (nSPS) is 14.4. The highest BCUT2D eigenvalue weighted by Gasteiger charge is 2.32. The first-order chi connectivity index (χ1) is 15.3. The van der Waals surface area contributed by atoms with Crippen molar-refractivity contribution in [2.24, 2.45) is 11.3 Å². The van der Waals surface area contributed by atoms with Crippen molar-refractivity contribution in [1.82, 2.24) is 4.31 Å². The van der Waals surface area contributed by atoms with Crippen molar-refractivity contribution in [3.63, 3.8) is 0 Å². The van der Waals surface area contributed by atoms with Crippen molar-refractivity contribution in [2.45, 2.75) is 51.5 Å². The topological polar surface area (TPSA) is 69.7 Å². The number of hydrogen-bond acceptors (Lipinski definition) is 4. The monoisotopic (exact) mass is 475 g/mol. The molecule has 0 unspecified atom stereocenters. The maximum atomic E-state index is 13.4. The number of carbonyl (C=O) groups is 1. The summed E-state index contributed by atoms with van der Waals surface area (Å²) in [5.74, 6) is -0.228. The molecular weight excluding hydrogens is 441 g/mol. The molecule has 3 rings (SSSR count). The molecule has 33 heavy (non-hydrogen) atoms. The molecule has 1 amide bonds. The molecule has 0 saturated heterocycles. The lowest BCUT2D eigenvalue weighted by atomic mass is 9.92. The molecule has 6 nitrogen and oxygen atoms in total. The van der Waals surface area contributed by atoms with Gasteiger partial charge in [-0.3, -0.25) is 4.79 Å². The van der Waals surface area contributed by atoms with E-state index in [2.05, 4.69) is 5.32 Å². The van der Waals surface area contributed by atoms with Crippen LogP contribution in [0.3, 0.4) is 0 Å². The van der Waals surface area contributed by atoms with Crippen molar-refractivity contribution in [3.8, 4) is 0 Å². The molecule has 1 aliphatic rings. The SMILES string of the molecule is CN(C)c1ccc(NC(=O)CC(C)(C)C)cc1CN(CC1CC1)S(=O)(=O)c1ccc(F)cc1. The van der Waals surface area contributed by atoms with Gasteiger partial charge in [-0.15, -0.1) is 0 Å². The summed E-state index contributed by atoms with van der Waals surface area (Å²) in [7, 11) is -0.0143. The number of sulfonamides is 1. The first kappa shape index (κ1) is 25.2. The zero-order chi connectivity index (χ0) is 24.4. The molecule has 0 bridgehead atoms. The van der Waals surface area contributed by atoms with Crippen LogP contribution < -0.4 is 10.2 Å². The third kappa shape index (κ3) is 7.01. The van der Waals surface area contributed by atoms with E-state index in [4.69, 9.17) is 0 Å². The molecule has 1 N–H and O–H groups in total. The molecule has 0 radical (unpaired) electrons. The van der Waals surface area contributed by atoms with Gasteiger partial charge in [0.05, 0.1) is 4.90 Å². The first-order valence-electron chi connectivity index (χ1n) is 11.2. The van der Waals surface area contributed by atoms with Gasteiger partial charge in [0, 0.05) is 45.0 Å². The summed E-state index contributed by atoms with van der Waals surface area (Å²) in [6.07, 6.45) is 2.38. The van der Waals surface area contributed by atoms with E-state index in [0.29, 0.717) is 24.6 Å². The van der Waals surface area contributed by atoms with Crippen molar-refractivity contribution in [3.05, 3.63) is 53.8 Å². The predicted molar refractivity (Wildman–Crippen MR) is 130 cm³/mol. The Morgan fingerprint density at radius 3 is 2.27 bits per heavy atom. The van der Waals surface area contributed by atoms with Gasteiger partial charge >= 0.3 is 0 Å². The van der Waals surface area contributed by atoms with Crippen LogP contribution in [0, 0.1) is 17.2 Å². The minimum absolute atomic E-state index is 0.0746. The second-order valence-corrected chi connectivity index (χ2v) is 12.2. The molecule has 0 heterocycles. The number of benzene rings is 2. The Labute approximate surface area is 196 Å². The number of rotatable bonds is 9. The van der Waals surface area contributed by atoms with Crippen LogP contribution in [0.5, 0.6) is 0 Å². The Morgan fingerprint density at radius 2 is 1.73 bits per heavy atom. The first-order valence-corrected chi connectivity index (χ1v) is 12.6. The van der Waals surface area contributed by atoms with Gasteiger partial charge in [0.25, 0.3) is 0 Å². The summed E-state index contributed by atoms with van der Waals surface area (Å²) in [5.41, 5.74) is 2.16. The molecule has 1 fully saturated rings. The molecule has 0 aliphatic heterocycles. The summed E-state index contributed by atoms with van der Waals surface area (Å²) < 4.78 is 41.7. The fraction of sp³-hybridized carbons (Fsp3) is 0.480. The average molecular weight is 476 g/mol. The zero-order valence-corrected chi connectivity index (χ0v) is 20.9. The quantitative estimate of drug-likeness (QED) is 0.562. The molecule has 2 aromatic rings. The van der Waals surface area contributed by atoms with Gasteiger partial charge in [-0.05, 0) is 72.2 Å². The average Bonchev–Trinajstić information content (AvgIpc) is 3.50. The van der Waals surface area contributed by atoms with E-state index >= 15 is 0 Å². The van der Waals surface area contributed by atoms with E-state index in [0.717, 1.165) is 24.1 Å². The van der Waals surface area contributed by atoms with Crippen molar-refractivity contribution < 1.29 is 17.6 Å². The largest absolute Gasteiger partial charge is 0.377 e. The third-order valence-electron chi connectivity index (χ3n) is 5.49. The van der Waals surface area contributed by atoms with Crippen LogP contribution in [0.4, 0.5) is 15.8 Å². The lowest BCUT2D eigenvalue weighted by Gasteiger charge is -2.26. The van der Waals surface area contributed by atoms with E-state index in [9.17, 15) is 17.6 Å². The predicted octanol–water partition coefficient (Wildman–Crippen LogP) is 4.87. The van der Waals surface area contributed by atoms with E-state index in [1.807, 2.05) is 58.0 Å². The standard InChI is InChI=1S/C25H34FN3O3S/c1-25(2,3)15-24(30)27-21-10-13-23(28(4)5)19(14-21)17-29(16-18-6-7-18)33(31,32)22-11-8-20(26)9-12-22/h8-14,18H,6-7,15-17H2,1-5H3,(H,27,30). The number of halogens is 1. The minimum Gasteiger partial charge on any atom is -0.377 e. The number of nitrogens with zero attached hydrogens (tertiary/aromatic N) is 2. The Morgan fingerprint density at radius 1 is 1.09 bits per heavy atom. The number of amides is 1. The summed E-state index contributed by atoms with van der Waals surface area (Å²) in [5, 5.41) is 2.94. The molecule has 2 aromatic carbocycles. The molecule has 0 spiro atoms. The fourth-order valence-electron chi connectivity index (χ4n) is 3.69. The van der Waals surface area contributed by atoms with Crippen LogP contribution in [0.25, 0.3) is 0 Å². The summed E-state index contributed by atoms with van der Waals surface area (Å²) in [6, 6.07) is 10.5. The van der Waals surface area contributed by atoms with Crippen LogP contribution in [-0.2, 0) is 21.4 Å². The molecular formula is C25H34FN3O3S. The second-order valence-electron chi connectivity index (χ2n) is 10.2. The van der Waals surface area contributed by atoms with Gasteiger partial charge in [0.1, 0.15) is 5.82 Å². The van der Waals surface area contributed by atoms with Crippen LogP contribution in [0.2, 0.25) is 0 Å². The van der Waals surface area contributed by atoms with E-state index in [1.165, 1.54) is 28.6 Å². The molecule has 180 valence electrons. The van der Waals surface area contributed by atoms with Crippen LogP contribution in [0.15, 0.2) is 47.4 Å². The zero-order valence-electron chi connectivity index (χ0n) is 20.1. The Balaban J connectivity index is 1.92. The lowest BCUT2D eigenvalue weighted by molar-refractivity contribution is -0.117. The highest BCUT2D eigenvalue weighted by atomic mass is 32.2. The Bertz CT molecular complexity index is 1090. The summed E-state index contributed by atoms with van der Waals surface area (Å²) in [6.45, 7) is 6.58. The third-order valence-corrected chi connectivity index (χ3v) is 7.32. The lowest BCUT2D eigenvalue weighted by Crippen LogP contribution is -2.33. The fourth-order valence-corrected chi connectivity index (χ4v) is 5.19. The molecule has 0 atom stereocenters. The minimum atomic E-state index is -3.81. The van der Waals surface area contributed by atoms with Gasteiger partial charge in [-0.1, -0.05) is 20.8 Å². The molecule has 8 heteroatoms. The van der Waals surface area contributed by atoms with Gasteiger partial charge in [-0.25, -0.2) is 12.8 Å². The number of hydrogen-bond donors (Lipinski definition) is 1. The van der Waals surface area contributed by atoms with Gasteiger partial charge < -0.3 is 10.2 Å². The summed E-state index contributed by atoms with van der Waals surface area (Å²) >= 11 is 0. The Kier molecular flexibility index (Phi) is 7.49. The highest BCUT2D eigenvalue weighted by molar-refractivity contribution is 7.89. The van der Waals surface area contributed by atoms with E-state index in [-0.39, 0.29) is 22.8 Å². The van der Waals surface area contributed by atoms with E-state index in [1.54, 1.807) is 0 Å². The van der Waals surface area contributed by atoms with Gasteiger partial charge in [0.2, 0.25) is 15.9 Å². The van der Waals surface area contributed by atoms with Crippen LogP contribution >= 0.6 is 0 Å². The molecule has 1 saturated carbocycles. The van der Waals surface area contributed by atoms with Gasteiger partial charge in [0.15, 0.2) is 0 Å². The maximum absolute atomic E-state index is 13.4. The Hall–Kier alpha value is -2.45. The number of nitrogens with one attached hydrogen (secondary N) is 1.